The van der Waals surface area contributed by atoms with Gasteiger partial charge in [-0.1, -0.05) is 17.7 Å². The third kappa shape index (κ3) is 4.54. The predicted molar refractivity (Wildman–Crippen MR) is 120 cm³/mol. The van der Waals surface area contributed by atoms with Crippen molar-refractivity contribution in [3.63, 3.8) is 0 Å². The third-order valence-electron chi connectivity index (χ3n) is 5.38. The number of piperazine rings is 1. The molecular formula is C21H27N7O2S. The maximum Gasteiger partial charge on any atom is 0.262 e. The summed E-state index contributed by atoms with van der Waals surface area (Å²) >= 11 is 0. The molecule has 10 heteroatoms. The van der Waals surface area contributed by atoms with Gasteiger partial charge in [-0.05, 0) is 32.9 Å². The first-order valence-electron chi connectivity index (χ1n) is 10.2. The molecule has 9 nitrogen and oxygen atoms in total. The molecule has 1 N–H and O–H groups in total. The van der Waals surface area contributed by atoms with Gasteiger partial charge in [-0.15, -0.1) is 0 Å². The number of imidazole rings is 1. The SMILES string of the molecule is Cc1ccc(Nc2cc(C)nc(N3CCN(S(=O)(=O)c4cn(C)c(C)n4)CC3)n2)cc1. The van der Waals surface area contributed by atoms with Gasteiger partial charge in [-0.3, -0.25) is 0 Å². The summed E-state index contributed by atoms with van der Waals surface area (Å²) < 4.78 is 29.0. The van der Waals surface area contributed by atoms with Crippen LogP contribution in [0.2, 0.25) is 0 Å². The topological polar surface area (TPSA) is 96.2 Å². The molecule has 3 aromatic rings. The summed E-state index contributed by atoms with van der Waals surface area (Å²) in [6, 6.07) is 10.00. The van der Waals surface area contributed by atoms with E-state index in [1.165, 1.54) is 9.87 Å². The molecule has 4 rings (SSSR count). The van der Waals surface area contributed by atoms with Crippen molar-refractivity contribution in [3.8, 4) is 0 Å². The molecule has 1 fully saturated rings. The highest BCUT2D eigenvalue weighted by Crippen LogP contribution is 2.22. The summed E-state index contributed by atoms with van der Waals surface area (Å²) in [6.07, 6.45) is 1.56. The first-order valence-corrected chi connectivity index (χ1v) is 11.6. The summed E-state index contributed by atoms with van der Waals surface area (Å²) in [5, 5.41) is 3.41. The van der Waals surface area contributed by atoms with Crippen molar-refractivity contribution in [3.05, 3.63) is 53.6 Å². The normalized spacial score (nSPS) is 15.3. The van der Waals surface area contributed by atoms with E-state index in [0.29, 0.717) is 43.8 Å². The summed E-state index contributed by atoms with van der Waals surface area (Å²) in [5.74, 6) is 1.98. The zero-order valence-electron chi connectivity index (χ0n) is 18.2. The minimum atomic E-state index is -3.61. The summed E-state index contributed by atoms with van der Waals surface area (Å²) in [5.41, 5.74) is 2.99. The van der Waals surface area contributed by atoms with Gasteiger partial charge in [0.15, 0.2) is 5.03 Å². The molecule has 0 spiro atoms. The minimum Gasteiger partial charge on any atom is -0.340 e. The maximum atomic E-state index is 12.9. The van der Waals surface area contributed by atoms with Crippen LogP contribution in [0.1, 0.15) is 17.1 Å². The minimum absolute atomic E-state index is 0.0948. The Morgan fingerprint density at radius 1 is 0.935 bits per heavy atom. The van der Waals surface area contributed by atoms with Crippen molar-refractivity contribution in [2.45, 2.75) is 25.8 Å². The molecule has 3 heterocycles. The predicted octanol–water partition coefficient (Wildman–Crippen LogP) is 2.39. The second kappa shape index (κ2) is 8.27. The number of aromatic nitrogens is 4. The number of nitrogens with zero attached hydrogens (tertiary/aromatic N) is 6. The summed E-state index contributed by atoms with van der Waals surface area (Å²) in [4.78, 5) is 15.4. The number of nitrogens with one attached hydrogen (secondary N) is 1. The molecule has 164 valence electrons. The van der Waals surface area contributed by atoms with Gasteiger partial charge < -0.3 is 14.8 Å². The van der Waals surface area contributed by atoms with Gasteiger partial charge in [0.1, 0.15) is 11.6 Å². The quantitative estimate of drug-likeness (QED) is 0.649. The zero-order valence-corrected chi connectivity index (χ0v) is 19.0. The van der Waals surface area contributed by atoms with Crippen LogP contribution >= 0.6 is 0 Å². The van der Waals surface area contributed by atoms with Gasteiger partial charge >= 0.3 is 0 Å². The molecule has 0 aliphatic carbocycles. The van der Waals surface area contributed by atoms with Crippen LogP contribution in [0.4, 0.5) is 17.5 Å². The van der Waals surface area contributed by atoms with E-state index in [0.717, 1.165) is 11.4 Å². The Bertz CT molecular complexity index is 1160. The fraction of sp³-hybridized carbons (Fsp3) is 0.381. The Morgan fingerprint density at radius 3 is 2.23 bits per heavy atom. The molecule has 2 aromatic heterocycles. The molecule has 0 saturated carbocycles. The lowest BCUT2D eigenvalue weighted by Gasteiger charge is -2.33. The second-order valence-electron chi connectivity index (χ2n) is 7.81. The fourth-order valence-electron chi connectivity index (χ4n) is 3.45. The van der Waals surface area contributed by atoms with E-state index in [1.54, 1.807) is 24.7 Å². The van der Waals surface area contributed by atoms with Crippen molar-refractivity contribution in [2.24, 2.45) is 7.05 Å². The van der Waals surface area contributed by atoms with E-state index < -0.39 is 10.0 Å². The fourth-order valence-corrected chi connectivity index (χ4v) is 4.90. The number of hydrogen-bond donors (Lipinski definition) is 1. The monoisotopic (exact) mass is 441 g/mol. The molecule has 0 bridgehead atoms. The smallest absolute Gasteiger partial charge is 0.262 e. The first-order chi connectivity index (χ1) is 14.7. The Balaban J connectivity index is 1.47. The third-order valence-corrected chi connectivity index (χ3v) is 7.15. The van der Waals surface area contributed by atoms with E-state index in [1.807, 2.05) is 49.1 Å². The number of benzene rings is 1. The highest BCUT2D eigenvalue weighted by atomic mass is 32.2. The Kier molecular flexibility index (Phi) is 5.67. The lowest BCUT2D eigenvalue weighted by Crippen LogP contribution is -2.49. The molecule has 1 aliphatic heterocycles. The largest absolute Gasteiger partial charge is 0.340 e. The number of hydrogen-bond acceptors (Lipinski definition) is 7. The standard InChI is InChI=1S/C21H27N7O2S/c1-15-5-7-18(8-6-15)24-19-13-16(2)22-21(25-19)27-9-11-28(12-10-27)31(29,30)20-14-26(4)17(3)23-20/h5-8,13-14H,9-12H2,1-4H3,(H,22,24,25). The van der Waals surface area contributed by atoms with E-state index >= 15 is 0 Å². The van der Waals surface area contributed by atoms with Gasteiger partial charge in [0.2, 0.25) is 5.95 Å². The number of anilines is 3. The van der Waals surface area contributed by atoms with Crippen LogP contribution in [0.5, 0.6) is 0 Å². The number of rotatable bonds is 5. The van der Waals surface area contributed by atoms with E-state index in [9.17, 15) is 8.42 Å². The van der Waals surface area contributed by atoms with E-state index in [4.69, 9.17) is 0 Å². The number of aryl methyl sites for hydroxylation is 4. The van der Waals surface area contributed by atoms with Crippen LogP contribution in [-0.2, 0) is 17.1 Å². The lowest BCUT2D eigenvalue weighted by atomic mass is 10.2. The van der Waals surface area contributed by atoms with Crippen molar-refractivity contribution in [2.75, 3.05) is 36.4 Å². The Morgan fingerprint density at radius 2 is 1.61 bits per heavy atom. The average Bonchev–Trinajstić information content (AvgIpc) is 3.09. The lowest BCUT2D eigenvalue weighted by molar-refractivity contribution is 0.381. The van der Waals surface area contributed by atoms with Crippen LogP contribution in [0.15, 0.2) is 41.6 Å². The van der Waals surface area contributed by atoms with Crippen LogP contribution in [0.3, 0.4) is 0 Å². The first kappa shape index (κ1) is 21.3. The van der Waals surface area contributed by atoms with Crippen LogP contribution in [0.25, 0.3) is 0 Å². The van der Waals surface area contributed by atoms with Gasteiger partial charge in [0.05, 0.1) is 0 Å². The van der Waals surface area contributed by atoms with Gasteiger partial charge in [-0.25, -0.2) is 18.4 Å². The highest BCUT2D eigenvalue weighted by molar-refractivity contribution is 7.89. The maximum absolute atomic E-state index is 12.9. The molecule has 1 saturated heterocycles. The van der Waals surface area contributed by atoms with Crippen molar-refractivity contribution >= 4 is 27.5 Å². The van der Waals surface area contributed by atoms with E-state index in [2.05, 4.69) is 20.3 Å². The van der Waals surface area contributed by atoms with E-state index in [-0.39, 0.29) is 5.03 Å². The van der Waals surface area contributed by atoms with Gasteiger partial charge in [0, 0.05) is 56.9 Å². The molecular weight excluding hydrogens is 414 g/mol. The highest BCUT2D eigenvalue weighted by Gasteiger charge is 2.31. The Hall–Kier alpha value is -2.98. The average molecular weight is 442 g/mol. The second-order valence-corrected chi connectivity index (χ2v) is 9.70. The zero-order chi connectivity index (χ0) is 22.2. The summed E-state index contributed by atoms with van der Waals surface area (Å²) in [7, 11) is -1.82. The van der Waals surface area contributed by atoms with Crippen molar-refractivity contribution in [1.29, 1.82) is 0 Å². The molecule has 31 heavy (non-hydrogen) atoms. The molecule has 0 amide bonds. The van der Waals surface area contributed by atoms with Crippen LogP contribution < -0.4 is 10.2 Å². The molecule has 0 radical (unpaired) electrons. The number of sulfonamides is 1. The van der Waals surface area contributed by atoms with Crippen LogP contribution in [0, 0.1) is 20.8 Å². The van der Waals surface area contributed by atoms with Crippen LogP contribution in [-0.4, -0.2) is 58.4 Å². The van der Waals surface area contributed by atoms with Gasteiger partial charge in [0.25, 0.3) is 10.0 Å². The van der Waals surface area contributed by atoms with Crippen molar-refractivity contribution < 1.29 is 8.42 Å². The molecule has 0 unspecified atom stereocenters. The van der Waals surface area contributed by atoms with Crippen molar-refractivity contribution in [1.82, 2.24) is 23.8 Å². The van der Waals surface area contributed by atoms with Gasteiger partial charge in [-0.2, -0.15) is 9.29 Å². The molecule has 1 aromatic carbocycles. The Labute approximate surface area is 182 Å². The molecule has 1 aliphatic rings. The molecule has 0 atom stereocenters. The summed E-state index contributed by atoms with van der Waals surface area (Å²) in [6.45, 7) is 7.50.